The Hall–Kier alpha value is -3.09. The van der Waals surface area contributed by atoms with Gasteiger partial charge in [0.25, 0.3) is 5.91 Å². The molecular formula is C23H23ClF2N2O7S. The zero-order chi connectivity index (χ0) is 26.6. The lowest BCUT2D eigenvalue weighted by molar-refractivity contribution is -0.165. The van der Waals surface area contributed by atoms with Crippen molar-refractivity contribution in [1.82, 2.24) is 4.31 Å². The third-order valence-corrected chi connectivity index (χ3v) is 7.49. The molecule has 0 radical (unpaired) electrons. The van der Waals surface area contributed by atoms with Crippen LogP contribution in [0.2, 0.25) is 5.02 Å². The van der Waals surface area contributed by atoms with Crippen molar-refractivity contribution >= 4 is 45.2 Å². The van der Waals surface area contributed by atoms with Crippen molar-refractivity contribution in [3.8, 4) is 0 Å². The van der Waals surface area contributed by atoms with Crippen molar-refractivity contribution < 1.29 is 41.1 Å². The molecule has 1 aliphatic heterocycles. The van der Waals surface area contributed by atoms with Gasteiger partial charge in [-0.25, -0.2) is 17.2 Å². The summed E-state index contributed by atoms with van der Waals surface area (Å²) in [6.07, 6.45) is -1.53. The second kappa shape index (κ2) is 11.3. The van der Waals surface area contributed by atoms with Crippen molar-refractivity contribution in [2.75, 3.05) is 18.4 Å². The molecule has 2 atom stereocenters. The number of carbonyl (C=O) groups excluding carboxylic acids is 3. The Morgan fingerprint density at radius 3 is 2.28 bits per heavy atom. The molecule has 0 aliphatic carbocycles. The molecule has 1 fully saturated rings. The van der Waals surface area contributed by atoms with Crippen molar-refractivity contribution in [2.45, 2.75) is 43.8 Å². The molecule has 0 saturated carbocycles. The summed E-state index contributed by atoms with van der Waals surface area (Å²) >= 11 is 5.71. The number of halogens is 3. The molecule has 1 heterocycles. The topological polar surface area (TPSA) is 119 Å². The van der Waals surface area contributed by atoms with E-state index in [1.165, 1.54) is 19.1 Å². The zero-order valence-electron chi connectivity index (χ0n) is 19.3. The molecule has 1 N–H and O–H groups in total. The van der Waals surface area contributed by atoms with Gasteiger partial charge in [0, 0.05) is 31.6 Å². The summed E-state index contributed by atoms with van der Waals surface area (Å²) in [5.74, 6) is -3.90. The van der Waals surface area contributed by atoms with Crippen molar-refractivity contribution in [3.05, 3.63) is 58.6 Å². The second-order valence-corrected chi connectivity index (χ2v) is 10.3. The first-order valence-corrected chi connectivity index (χ1v) is 12.6. The van der Waals surface area contributed by atoms with E-state index in [1.807, 2.05) is 0 Å². The number of anilines is 1. The van der Waals surface area contributed by atoms with E-state index < -0.39 is 56.6 Å². The van der Waals surface area contributed by atoms with Crippen molar-refractivity contribution in [3.63, 3.8) is 0 Å². The number of hydrogen-bond donors (Lipinski definition) is 1. The van der Waals surface area contributed by atoms with E-state index in [0.717, 1.165) is 35.5 Å². The SMILES string of the molecule is CC(=O)O[C@H]1CN(S(=O)(=O)c2cc(C(=O)Nc3ccc(F)c(Cl)c3)ccc2F)CCC[C@H]1OC(C)=O. The minimum Gasteiger partial charge on any atom is -0.459 e. The fourth-order valence-corrected chi connectivity index (χ4v) is 5.48. The standard InChI is InChI=1S/C23H23ClF2N2O7S/c1-13(29)34-20-4-3-9-28(12-21(20)35-14(2)30)36(32,33)22-10-15(5-7-19(22)26)23(31)27-16-6-8-18(25)17(24)11-16/h5-8,10-11,20-21H,3-4,9,12H2,1-2H3,(H,27,31)/t20-,21+/m1/s1. The van der Waals surface area contributed by atoms with Crippen LogP contribution in [0.25, 0.3) is 0 Å². The van der Waals surface area contributed by atoms with Crippen LogP contribution in [0.5, 0.6) is 0 Å². The number of amides is 1. The van der Waals surface area contributed by atoms with Gasteiger partial charge in [0.1, 0.15) is 22.6 Å². The number of nitrogens with zero attached hydrogens (tertiary/aromatic N) is 1. The third-order valence-electron chi connectivity index (χ3n) is 5.32. The van der Waals surface area contributed by atoms with E-state index in [9.17, 15) is 31.6 Å². The van der Waals surface area contributed by atoms with Gasteiger partial charge in [0.2, 0.25) is 10.0 Å². The Labute approximate surface area is 211 Å². The summed E-state index contributed by atoms with van der Waals surface area (Å²) in [6, 6.07) is 6.27. The van der Waals surface area contributed by atoms with Crippen LogP contribution in [0.1, 0.15) is 37.0 Å². The molecule has 36 heavy (non-hydrogen) atoms. The van der Waals surface area contributed by atoms with E-state index in [1.54, 1.807) is 0 Å². The largest absolute Gasteiger partial charge is 0.459 e. The molecule has 13 heteroatoms. The van der Waals surface area contributed by atoms with Gasteiger partial charge < -0.3 is 14.8 Å². The summed E-state index contributed by atoms with van der Waals surface area (Å²) in [6.45, 7) is 1.85. The van der Waals surface area contributed by atoms with Crippen LogP contribution in [-0.4, -0.2) is 55.9 Å². The molecule has 0 bridgehead atoms. The van der Waals surface area contributed by atoms with Crippen LogP contribution >= 0.6 is 11.6 Å². The molecule has 0 unspecified atom stereocenters. The predicted molar refractivity (Wildman–Crippen MR) is 125 cm³/mol. The van der Waals surface area contributed by atoms with E-state index in [-0.39, 0.29) is 42.2 Å². The first kappa shape index (κ1) is 27.5. The smallest absolute Gasteiger partial charge is 0.303 e. The molecule has 3 rings (SSSR count). The molecule has 1 aliphatic rings. The molecule has 1 amide bonds. The lowest BCUT2D eigenvalue weighted by atomic mass is 10.1. The van der Waals surface area contributed by atoms with Gasteiger partial charge in [-0.15, -0.1) is 0 Å². The van der Waals surface area contributed by atoms with Crippen molar-refractivity contribution in [2.24, 2.45) is 0 Å². The average molecular weight is 545 g/mol. The first-order chi connectivity index (χ1) is 16.9. The first-order valence-electron chi connectivity index (χ1n) is 10.8. The normalized spacial score (nSPS) is 18.7. The molecule has 194 valence electrons. The fraction of sp³-hybridized carbons (Fsp3) is 0.348. The molecule has 0 spiro atoms. The number of ether oxygens (including phenoxy) is 2. The second-order valence-electron chi connectivity index (χ2n) is 8.03. The minimum absolute atomic E-state index is 0.0677. The molecule has 9 nitrogen and oxygen atoms in total. The highest BCUT2D eigenvalue weighted by molar-refractivity contribution is 7.89. The number of hydrogen-bond acceptors (Lipinski definition) is 7. The molecule has 2 aromatic carbocycles. The van der Waals surface area contributed by atoms with Gasteiger partial charge in [-0.2, -0.15) is 4.31 Å². The summed E-state index contributed by atoms with van der Waals surface area (Å²) < 4.78 is 66.2. The van der Waals surface area contributed by atoms with Gasteiger partial charge >= 0.3 is 11.9 Å². The third kappa shape index (κ3) is 6.56. The van der Waals surface area contributed by atoms with Crippen LogP contribution in [0.15, 0.2) is 41.3 Å². The lowest BCUT2D eigenvalue weighted by Crippen LogP contribution is -2.43. The van der Waals surface area contributed by atoms with Gasteiger partial charge in [0.05, 0.1) is 11.6 Å². The highest BCUT2D eigenvalue weighted by Gasteiger charge is 2.38. The molecular weight excluding hydrogens is 522 g/mol. The minimum atomic E-state index is -4.50. The number of carbonyl (C=O) groups is 3. The molecule has 0 aromatic heterocycles. The Morgan fingerprint density at radius 2 is 1.64 bits per heavy atom. The highest BCUT2D eigenvalue weighted by atomic mass is 35.5. The van der Waals surface area contributed by atoms with Crippen LogP contribution < -0.4 is 5.32 Å². The van der Waals surface area contributed by atoms with Gasteiger partial charge in [-0.3, -0.25) is 14.4 Å². The van der Waals surface area contributed by atoms with Crippen LogP contribution in [-0.2, 0) is 29.1 Å². The Morgan fingerprint density at radius 1 is 1.00 bits per heavy atom. The monoisotopic (exact) mass is 544 g/mol. The fourth-order valence-electron chi connectivity index (χ4n) is 3.72. The predicted octanol–water partition coefficient (Wildman–Crippen LogP) is 3.52. The number of benzene rings is 2. The van der Waals surface area contributed by atoms with E-state index in [0.29, 0.717) is 0 Å². The maximum atomic E-state index is 14.7. The number of nitrogens with one attached hydrogen (secondary N) is 1. The van der Waals surface area contributed by atoms with Crippen LogP contribution in [0, 0.1) is 11.6 Å². The lowest BCUT2D eigenvalue weighted by Gasteiger charge is -2.27. The Balaban J connectivity index is 1.89. The summed E-state index contributed by atoms with van der Waals surface area (Å²) in [7, 11) is -4.50. The highest BCUT2D eigenvalue weighted by Crippen LogP contribution is 2.27. The Bertz CT molecular complexity index is 1290. The van der Waals surface area contributed by atoms with Crippen LogP contribution in [0.3, 0.4) is 0 Å². The van der Waals surface area contributed by atoms with Crippen LogP contribution in [0.4, 0.5) is 14.5 Å². The molecule has 1 saturated heterocycles. The van der Waals surface area contributed by atoms with Gasteiger partial charge in [0.15, 0.2) is 6.10 Å². The Kier molecular flexibility index (Phi) is 8.64. The number of sulfonamides is 1. The van der Waals surface area contributed by atoms with E-state index in [2.05, 4.69) is 5.32 Å². The zero-order valence-corrected chi connectivity index (χ0v) is 20.9. The van der Waals surface area contributed by atoms with E-state index in [4.69, 9.17) is 21.1 Å². The number of esters is 2. The maximum Gasteiger partial charge on any atom is 0.303 e. The van der Waals surface area contributed by atoms with Crippen molar-refractivity contribution in [1.29, 1.82) is 0 Å². The molecule has 2 aromatic rings. The maximum absolute atomic E-state index is 14.7. The quantitative estimate of drug-likeness (QED) is 0.553. The van der Waals surface area contributed by atoms with Gasteiger partial charge in [-0.05, 0) is 49.2 Å². The summed E-state index contributed by atoms with van der Waals surface area (Å²) in [5.41, 5.74) is -0.0343. The average Bonchev–Trinajstić information content (AvgIpc) is 2.98. The van der Waals surface area contributed by atoms with E-state index >= 15 is 0 Å². The number of rotatable bonds is 6. The summed E-state index contributed by atoms with van der Waals surface area (Å²) in [4.78, 5) is 34.9. The van der Waals surface area contributed by atoms with Gasteiger partial charge in [-0.1, -0.05) is 11.6 Å². The summed E-state index contributed by atoms with van der Waals surface area (Å²) in [5, 5.41) is 2.21.